The molecule has 5 N–H and O–H groups in total. The fourth-order valence-electron chi connectivity index (χ4n) is 3.38. The van der Waals surface area contributed by atoms with Crippen LogP contribution < -0.4 is 16.8 Å². The Morgan fingerprint density at radius 3 is 2.52 bits per heavy atom. The monoisotopic (exact) mass is 375 g/mol. The third-order valence-corrected chi connectivity index (χ3v) is 4.81. The van der Waals surface area contributed by atoms with Crippen LogP contribution in [0, 0.1) is 17.5 Å². The molecule has 0 saturated carbocycles. The van der Waals surface area contributed by atoms with Gasteiger partial charge in [-0.3, -0.25) is 4.79 Å². The van der Waals surface area contributed by atoms with Crippen LogP contribution in [0.3, 0.4) is 0 Å². The number of nitrogens with one attached hydrogen (secondary N) is 1. The molecular formula is C20H20F3N3O. The molecule has 7 heteroatoms. The summed E-state index contributed by atoms with van der Waals surface area (Å²) >= 11 is 0. The Morgan fingerprint density at radius 2 is 1.81 bits per heavy atom. The zero-order chi connectivity index (χ0) is 19.6. The lowest BCUT2D eigenvalue weighted by molar-refractivity contribution is 0.100. The standard InChI is InChI=1S/C20H20F3N3O/c21-15-9-17(23)16(22)8-14(15)12-6-5-11(7-18(12)24)10-26-19-4-2-1-3-13(19)20(25)27/h1-5,8-9,12,18,26H,6-7,10,24H2,(H2,25,27). The number of rotatable bonds is 5. The van der Waals surface area contributed by atoms with Gasteiger partial charge in [0.25, 0.3) is 5.91 Å². The molecule has 0 heterocycles. The van der Waals surface area contributed by atoms with Gasteiger partial charge >= 0.3 is 0 Å². The fraction of sp³-hybridized carbons (Fsp3) is 0.250. The second-order valence-corrected chi connectivity index (χ2v) is 6.62. The minimum Gasteiger partial charge on any atom is -0.381 e. The molecule has 2 atom stereocenters. The molecule has 1 aliphatic rings. The number of anilines is 1. The van der Waals surface area contributed by atoms with Crippen molar-refractivity contribution in [2.75, 3.05) is 11.9 Å². The van der Waals surface area contributed by atoms with E-state index in [4.69, 9.17) is 11.5 Å². The molecule has 0 radical (unpaired) electrons. The highest BCUT2D eigenvalue weighted by molar-refractivity contribution is 5.98. The first-order valence-corrected chi connectivity index (χ1v) is 8.57. The normalized spacial score (nSPS) is 19.5. The average molecular weight is 375 g/mol. The van der Waals surface area contributed by atoms with Crippen LogP contribution >= 0.6 is 0 Å². The quantitative estimate of drug-likeness (QED) is 0.553. The molecule has 0 aliphatic heterocycles. The minimum absolute atomic E-state index is 0.0868. The third kappa shape index (κ3) is 4.14. The van der Waals surface area contributed by atoms with Gasteiger partial charge in [0, 0.05) is 30.3 Å². The molecule has 142 valence electrons. The van der Waals surface area contributed by atoms with Gasteiger partial charge in [-0.1, -0.05) is 23.8 Å². The van der Waals surface area contributed by atoms with Crippen molar-refractivity contribution in [3.63, 3.8) is 0 Å². The summed E-state index contributed by atoms with van der Waals surface area (Å²) in [5.41, 5.74) is 13.6. The Morgan fingerprint density at radius 1 is 1.11 bits per heavy atom. The highest BCUT2D eigenvalue weighted by atomic mass is 19.2. The average Bonchev–Trinajstić information content (AvgIpc) is 2.63. The lowest BCUT2D eigenvalue weighted by atomic mass is 9.80. The van der Waals surface area contributed by atoms with E-state index in [1.807, 2.05) is 6.08 Å². The van der Waals surface area contributed by atoms with Gasteiger partial charge in [0.2, 0.25) is 0 Å². The zero-order valence-electron chi connectivity index (χ0n) is 14.5. The first-order valence-electron chi connectivity index (χ1n) is 8.57. The Balaban J connectivity index is 1.72. The summed E-state index contributed by atoms with van der Waals surface area (Å²) in [6.07, 6.45) is 2.79. The lowest BCUT2D eigenvalue weighted by Crippen LogP contribution is -2.33. The van der Waals surface area contributed by atoms with Gasteiger partial charge in [0.05, 0.1) is 5.56 Å². The van der Waals surface area contributed by atoms with Crippen molar-refractivity contribution in [2.45, 2.75) is 24.8 Å². The number of hydrogen-bond acceptors (Lipinski definition) is 3. The predicted octanol–water partition coefficient (Wildman–Crippen LogP) is 3.45. The van der Waals surface area contributed by atoms with Gasteiger partial charge in [-0.2, -0.15) is 0 Å². The van der Waals surface area contributed by atoms with Crippen molar-refractivity contribution >= 4 is 11.6 Å². The number of carbonyl (C=O) groups excluding carboxylic acids is 1. The Bertz CT molecular complexity index is 898. The van der Waals surface area contributed by atoms with E-state index in [0.29, 0.717) is 36.7 Å². The zero-order valence-corrected chi connectivity index (χ0v) is 14.5. The second kappa shape index (κ2) is 7.84. The summed E-state index contributed by atoms with van der Waals surface area (Å²) in [4.78, 5) is 11.5. The van der Waals surface area contributed by atoms with Gasteiger partial charge in [-0.05, 0) is 36.6 Å². The molecule has 1 aliphatic carbocycles. The summed E-state index contributed by atoms with van der Waals surface area (Å²) in [5.74, 6) is -4.05. The van der Waals surface area contributed by atoms with Crippen LogP contribution in [0.25, 0.3) is 0 Å². The molecule has 0 spiro atoms. The van der Waals surface area contributed by atoms with Gasteiger partial charge < -0.3 is 16.8 Å². The van der Waals surface area contributed by atoms with Crippen LogP contribution in [-0.4, -0.2) is 18.5 Å². The van der Waals surface area contributed by atoms with E-state index >= 15 is 0 Å². The molecule has 0 bridgehead atoms. The maximum Gasteiger partial charge on any atom is 0.250 e. The number of amides is 1. The minimum atomic E-state index is -1.21. The molecule has 4 nitrogen and oxygen atoms in total. The number of hydrogen-bond donors (Lipinski definition) is 3. The van der Waals surface area contributed by atoms with E-state index in [2.05, 4.69) is 5.32 Å². The van der Waals surface area contributed by atoms with Crippen LogP contribution in [-0.2, 0) is 0 Å². The van der Waals surface area contributed by atoms with E-state index in [-0.39, 0.29) is 5.56 Å². The maximum absolute atomic E-state index is 14.0. The van der Waals surface area contributed by atoms with Gasteiger partial charge in [-0.25, -0.2) is 13.2 Å². The van der Waals surface area contributed by atoms with E-state index in [1.54, 1.807) is 24.3 Å². The lowest BCUT2D eigenvalue weighted by Gasteiger charge is -2.29. The largest absolute Gasteiger partial charge is 0.381 e. The number of primary amides is 1. The SMILES string of the molecule is NC(=O)c1ccccc1NCC1=CCC(c2cc(F)c(F)cc2F)C(N)C1. The molecule has 0 fully saturated rings. The number of benzene rings is 2. The summed E-state index contributed by atoms with van der Waals surface area (Å²) < 4.78 is 40.7. The van der Waals surface area contributed by atoms with Crippen molar-refractivity contribution in [3.05, 3.63) is 76.6 Å². The smallest absolute Gasteiger partial charge is 0.250 e. The highest BCUT2D eigenvalue weighted by Gasteiger charge is 2.27. The summed E-state index contributed by atoms with van der Waals surface area (Å²) in [6, 6.07) is 7.90. The first-order chi connectivity index (χ1) is 12.9. The fourth-order valence-corrected chi connectivity index (χ4v) is 3.38. The Labute approximate surface area is 155 Å². The maximum atomic E-state index is 14.0. The van der Waals surface area contributed by atoms with E-state index in [0.717, 1.165) is 11.6 Å². The van der Waals surface area contributed by atoms with E-state index in [1.165, 1.54) is 0 Å². The molecule has 27 heavy (non-hydrogen) atoms. The number of allylic oxidation sites excluding steroid dienone is 1. The van der Waals surface area contributed by atoms with Gasteiger partial charge in [-0.15, -0.1) is 0 Å². The molecule has 0 aromatic heterocycles. The van der Waals surface area contributed by atoms with Crippen molar-refractivity contribution < 1.29 is 18.0 Å². The summed E-state index contributed by atoms with van der Waals surface area (Å²) in [7, 11) is 0. The van der Waals surface area contributed by atoms with Crippen molar-refractivity contribution in [1.29, 1.82) is 0 Å². The molecular weight excluding hydrogens is 355 g/mol. The second-order valence-electron chi connectivity index (χ2n) is 6.62. The van der Waals surface area contributed by atoms with Crippen molar-refractivity contribution in [1.82, 2.24) is 0 Å². The van der Waals surface area contributed by atoms with E-state index < -0.39 is 35.3 Å². The van der Waals surface area contributed by atoms with Crippen LogP contribution in [0.4, 0.5) is 18.9 Å². The van der Waals surface area contributed by atoms with Crippen LogP contribution in [0.2, 0.25) is 0 Å². The molecule has 2 aromatic rings. The summed E-state index contributed by atoms with van der Waals surface area (Å²) in [5, 5.41) is 3.16. The Hall–Kier alpha value is -2.80. The number of halogens is 3. The number of para-hydroxylation sites is 1. The van der Waals surface area contributed by atoms with Gasteiger partial charge in [0.1, 0.15) is 5.82 Å². The summed E-state index contributed by atoms with van der Waals surface area (Å²) in [6.45, 7) is 0.449. The number of nitrogens with two attached hydrogens (primary N) is 2. The van der Waals surface area contributed by atoms with Gasteiger partial charge in [0.15, 0.2) is 11.6 Å². The molecule has 3 rings (SSSR count). The number of carbonyl (C=O) groups is 1. The van der Waals surface area contributed by atoms with Crippen LogP contribution in [0.1, 0.15) is 34.7 Å². The molecule has 0 saturated heterocycles. The highest BCUT2D eigenvalue weighted by Crippen LogP contribution is 2.34. The van der Waals surface area contributed by atoms with Crippen LogP contribution in [0.5, 0.6) is 0 Å². The van der Waals surface area contributed by atoms with Crippen molar-refractivity contribution in [3.8, 4) is 0 Å². The van der Waals surface area contributed by atoms with Crippen LogP contribution in [0.15, 0.2) is 48.0 Å². The topological polar surface area (TPSA) is 81.1 Å². The molecule has 1 amide bonds. The molecule has 2 aromatic carbocycles. The first kappa shape index (κ1) is 19.0. The predicted molar refractivity (Wildman–Crippen MR) is 97.8 cm³/mol. The third-order valence-electron chi connectivity index (χ3n) is 4.81. The Kier molecular flexibility index (Phi) is 5.51. The van der Waals surface area contributed by atoms with Crippen molar-refractivity contribution in [2.24, 2.45) is 11.5 Å². The molecule has 2 unspecified atom stereocenters. The van der Waals surface area contributed by atoms with E-state index in [9.17, 15) is 18.0 Å².